The summed E-state index contributed by atoms with van der Waals surface area (Å²) in [5, 5.41) is 3.95. The highest BCUT2D eigenvalue weighted by molar-refractivity contribution is 7.92. The van der Waals surface area contributed by atoms with Crippen molar-refractivity contribution in [1.29, 1.82) is 0 Å². The van der Waals surface area contributed by atoms with Crippen molar-refractivity contribution >= 4 is 73.9 Å². The Kier molecular flexibility index (Phi) is 12.4. The standard InChI is InChI=1S/C34H33Cl4N3O4S/c1-3-23(2)39-34(43)32(19-24-10-6-4-7-11-24)40(21-25-14-16-28(35)30(37)18-25)33(42)22-41(26-15-17-29(36)31(38)20-26)46(44,45)27-12-8-5-9-13-27/h4-18,20,23,32H,3,19,21-22H2,1-2H3,(H,39,43)/t23-,32+/m1/s1. The van der Waals surface area contributed by atoms with E-state index in [-0.39, 0.29) is 50.6 Å². The Hall–Kier alpha value is -3.27. The molecule has 2 atom stereocenters. The number of amides is 2. The van der Waals surface area contributed by atoms with Gasteiger partial charge in [-0.1, -0.05) is 108 Å². The second-order valence-electron chi connectivity index (χ2n) is 10.7. The molecule has 12 heteroatoms. The lowest BCUT2D eigenvalue weighted by Crippen LogP contribution is -2.54. The first kappa shape index (κ1) is 35.6. The summed E-state index contributed by atoms with van der Waals surface area (Å²) >= 11 is 25.0. The minimum atomic E-state index is -4.28. The number of halogens is 4. The van der Waals surface area contributed by atoms with Gasteiger partial charge in [0, 0.05) is 19.0 Å². The van der Waals surface area contributed by atoms with Crippen molar-refractivity contribution in [1.82, 2.24) is 10.2 Å². The van der Waals surface area contributed by atoms with E-state index in [1.165, 1.54) is 35.2 Å². The van der Waals surface area contributed by atoms with Crippen LogP contribution >= 0.6 is 46.4 Å². The molecule has 0 heterocycles. The molecule has 4 aromatic rings. The molecule has 7 nitrogen and oxygen atoms in total. The topological polar surface area (TPSA) is 86.8 Å². The lowest BCUT2D eigenvalue weighted by atomic mass is 10.0. The van der Waals surface area contributed by atoms with Crippen LogP contribution in [0.4, 0.5) is 5.69 Å². The van der Waals surface area contributed by atoms with Gasteiger partial charge in [-0.25, -0.2) is 8.42 Å². The molecule has 242 valence electrons. The molecule has 0 saturated carbocycles. The van der Waals surface area contributed by atoms with Crippen LogP contribution in [0.3, 0.4) is 0 Å². The normalized spacial score (nSPS) is 12.7. The molecule has 4 rings (SSSR count). The van der Waals surface area contributed by atoms with E-state index >= 15 is 0 Å². The first-order valence-corrected chi connectivity index (χ1v) is 17.5. The smallest absolute Gasteiger partial charge is 0.264 e. The SMILES string of the molecule is CC[C@@H](C)NC(=O)[C@H](Cc1ccccc1)N(Cc1ccc(Cl)c(Cl)c1)C(=O)CN(c1ccc(Cl)c(Cl)c1)S(=O)(=O)c1ccccc1. The maximum Gasteiger partial charge on any atom is 0.264 e. The second kappa shape index (κ2) is 16.0. The Balaban J connectivity index is 1.83. The molecule has 46 heavy (non-hydrogen) atoms. The molecular formula is C34H33Cl4N3O4S. The van der Waals surface area contributed by atoms with Crippen LogP contribution in [0.2, 0.25) is 20.1 Å². The van der Waals surface area contributed by atoms with Crippen LogP contribution in [-0.4, -0.2) is 43.8 Å². The molecule has 0 radical (unpaired) electrons. The van der Waals surface area contributed by atoms with E-state index in [0.29, 0.717) is 17.0 Å². The average molecular weight is 722 g/mol. The largest absolute Gasteiger partial charge is 0.352 e. The van der Waals surface area contributed by atoms with E-state index in [1.54, 1.807) is 36.4 Å². The van der Waals surface area contributed by atoms with Gasteiger partial charge in [-0.15, -0.1) is 0 Å². The third-order valence-corrected chi connectivity index (χ3v) is 10.7. The van der Waals surface area contributed by atoms with Crippen LogP contribution < -0.4 is 9.62 Å². The second-order valence-corrected chi connectivity index (χ2v) is 14.2. The van der Waals surface area contributed by atoms with Gasteiger partial charge in [0.25, 0.3) is 10.0 Å². The van der Waals surface area contributed by atoms with Crippen molar-refractivity contribution in [2.75, 3.05) is 10.8 Å². The molecule has 0 aliphatic carbocycles. The lowest BCUT2D eigenvalue weighted by Gasteiger charge is -2.34. The fraction of sp³-hybridized carbons (Fsp3) is 0.235. The maximum atomic E-state index is 14.5. The number of hydrogen-bond acceptors (Lipinski definition) is 4. The van der Waals surface area contributed by atoms with Crippen LogP contribution in [0, 0.1) is 0 Å². The molecule has 0 bridgehead atoms. The fourth-order valence-electron chi connectivity index (χ4n) is 4.72. The summed E-state index contributed by atoms with van der Waals surface area (Å²) in [5.41, 5.74) is 1.55. The molecule has 0 aliphatic rings. The fourth-order valence-corrected chi connectivity index (χ4v) is 6.76. The number of benzene rings is 4. The van der Waals surface area contributed by atoms with Gasteiger partial charge in [0.05, 0.1) is 30.7 Å². The van der Waals surface area contributed by atoms with Gasteiger partial charge in [0.2, 0.25) is 11.8 Å². The molecule has 2 amide bonds. The van der Waals surface area contributed by atoms with Crippen molar-refractivity contribution in [2.45, 2.75) is 50.2 Å². The monoisotopic (exact) mass is 719 g/mol. The molecule has 1 N–H and O–H groups in total. The predicted molar refractivity (Wildman–Crippen MR) is 186 cm³/mol. The molecule has 0 aromatic heterocycles. The van der Waals surface area contributed by atoms with E-state index in [1.807, 2.05) is 44.2 Å². The van der Waals surface area contributed by atoms with E-state index in [2.05, 4.69) is 5.32 Å². The summed E-state index contributed by atoms with van der Waals surface area (Å²) in [6.45, 7) is 3.13. The van der Waals surface area contributed by atoms with E-state index in [4.69, 9.17) is 46.4 Å². The predicted octanol–water partition coefficient (Wildman–Crippen LogP) is 8.05. The zero-order valence-corrected chi connectivity index (χ0v) is 29.0. The Morgan fingerprint density at radius 3 is 1.93 bits per heavy atom. The van der Waals surface area contributed by atoms with Crippen molar-refractivity contribution in [3.05, 3.63) is 128 Å². The molecule has 0 aliphatic heterocycles. The van der Waals surface area contributed by atoms with Gasteiger partial charge < -0.3 is 10.2 Å². The van der Waals surface area contributed by atoms with E-state index in [9.17, 15) is 18.0 Å². The minimum absolute atomic E-state index is 0.0275. The van der Waals surface area contributed by atoms with Crippen molar-refractivity contribution in [3.8, 4) is 0 Å². The van der Waals surface area contributed by atoms with Crippen LogP contribution in [0.15, 0.2) is 102 Å². The minimum Gasteiger partial charge on any atom is -0.352 e. The summed E-state index contributed by atoms with van der Waals surface area (Å²) in [6.07, 6.45) is 0.847. The first-order valence-electron chi connectivity index (χ1n) is 14.5. The summed E-state index contributed by atoms with van der Waals surface area (Å²) in [6, 6.07) is 25.1. The highest BCUT2D eigenvalue weighted by atomic mass is 35.5. The molecule has 0 spiro atoms. The van der Waals surface area contributed by atoms with Gasteiger partial charge in [0.1, 0.15) is 12.6 Å². The Labute approximate surface area is 290 Å². The summed E-state index contributed by atoms with van der Waals surface area (Å²) in [7, 11) is -4.28. The zero-order valence-electron chi connectivity index (χ0n) is 25.2. The highest BCUT2D eigenvalue weighted by Crippen LogP contribution is 2.31. The quantitative estimate of drug-likeness (QED) is 0.152. The van der Waals surface area contributed by atoms with Crippen LogP contribution in [0.25, 0.3) is 0 Å². The van der Waals surface area contributed by atoms with Crippen molar-refractivity contribution in [2.24, 2.45) is 0 Å². The van der Waals surface area contributed by atoms with Gasteiger partial charge >= 0.3 is 0 Å². The summed E-state index contributed by atoms with van der Waals surface area (Å²) in [5.74, 6) is -1.00. The lowest BCUT2D eigenvalue weighted by molar-refractivity contribution is -0.140. The Morgan fingerprint density at radius 1 is 0.761 bits per heavy atom. The maximum absolute atomic E-state index is 14.5. The summed E-state index contributed by atoms with van der Waals surface area (Å²) in [4.78, 5) is 29.8. The van der Waals surface area contributed by atoms with Crippen LogP contribution in [-0.2, 0) is 32.6 Å². The number of hydrogen-bond donors (Lipinski definition) is 1. The first-order chi connectivity index (χ1) is 21.9. The third kappa shape index (κ3) is 8.96. The molecule has 4 aromatic carbocycles. The number of rotatable bonds is 13. The van der Waals surface area contributed by atoms with E-state index < -0.39 is 28.5 Å². The van der Waals surface area contributed by atoms with Crippen LogP contribution in [0.5, 0.6) is 0 Å². The average Bonchev–Trinajstić information content (AvgIpc) is 3.05. The zero-order chi connectivity index (χ0) is 33.4. The highest BCUT2D eigenvalue weighted by Gasteiger charge is 2.35. The number of nitrogens with zero attached hydrogens (tertiary/aromatic N) is 2. The molecule has 0 unspecified atom stereocenters. The van der Waals surface area contributed by atoms with Crippen LogP contribution in [0.1, 0.15) is 31.4 Å². The molecular weight excluding hydrogens is 688 g/mol. The summed E-state index contributed by atoms with van der Waals surface area (Å²) < 4.78 is 29.1. The molecule has 0 saturated heterocycles. The third-order valence-electron chi connectivity index (χ3n) is 7.41. The van der Waals surface area contributed by atoms with Gasteiger partial charge in [0.15, 0.2) is 0 Å². The van der Waals surface area contributed by atoms with E-state index in [0.717, 1.165) is 9.87 Å². The van der Waals surface area contributed by atoms with Crippen molar-refractivity contribution in [3.63, 3.8) is 0 Å². The number of carbonyl (C=O) groups is 2. The van der Waals surface area contributed by atoms with Gasteiger partial charge in [-0.3, -0.25) is 13.9 Å². The molecule has 0 fully saturated rings. The van der Waals surface area contributed by atoms with Gasteiger partial charge in [-0.05, 0) is 66.9 Å². The number of sulfonamides is 1. The van der Waals surface area contributed by atoms with Gasteiger partial charge in [-0.2, -0.15) is 0 Å². The number of nitrogens with one attached hydrogen (secondary N) is 1. The Bertz CT molecular complexity index is 1780. The van der Waals surface area contributed by atoms with Crippen molar-refractivity contribution < 1.29 is 18.0 Å². The number of carbonyl (C=O) groups excluding carboxylic acids is 2. The Morgan fingerprint density at radius 2 is 1.35 bits per heavy atom. The number of anilines is 1.